The quantitative estimate of drug-likeness (QED) is 0.196. The zero-order valence-corrected chi connectivity index (χ0v) is 26.1. The number of hydrogen-bond acceptors (Lipinski definition) is 3. The molecule has 49 heavy (non-hydrogen) atoms. The van der Waals surface area contributed by atoms with Crippen LogP contribution in [0.25, 0.3) is 88.1 Å². The lowest BCUT2D eigenvalue weighted by Crippen LogP contribution is -1.96. The molecule has 3 heterocycles. The van der Waals surface area contributed by atoms with E-state index >= 15 is 0 Å². The molecule has 0 amide bonds. The molecule has 10 rings (SSSR count). The van der Waals surface area contributed by atoms with Gasteiger partial charge in [-0.2, -0.15) is 10.5 Å². The van der Waals surface area contributed by atoms with Gasteiger partial charge in [0.1, 0.15) is 5.58 Å². The molecule has 0 spiro atoms. The van der Waals surface area contributed by atoms with Crippen LogP contribution in [-0.2, 0) is 0 Å². The minimum absolute atomic E-state index is 0.610. The van der Waals surface area contributed by atoms with Gasteiger partial charge in [0.25, 0.3) is 0 Å². The van der Waals surface area contributed by atoms with Crippen molar-refractivity contribution >= 4 is 65.6 Å². The molecule has 0 aliphatic carbocycles. The molecule has 10 aromatic rings. The first-order valence-electron chi connectivity index (χ1n) is 16.1. The van der Waals surface area contributed by atoms with Gasteiger partial charge in [-0.1, -0.05) is 66.7 Å². The Kier molecular flexibility index (Phi) is 5.64. The molecule has 3 aromatic heterocycles. The average Bonchev–Trinajstić information content (AvgIpc) is 3.82. The summed E-state index contributed by atoms with van der Waals surface area (Å²) in [4.78, 5) is 0. The molecule has 5 nitrogen and oxygen atoms in total. The highest BCUT2D eigenvalue weighted by Gasteiger charge is 2.20. The molecule has 0 radical (unpaired) electrons. The number of furan rings is 1. The third kappa shape index (κ3) is 3.91. The molecule has 0 unspecified atom stereocenters. The second kappa shape index (κ2) is 10.2. The maximum Gasteiger partial charge on any atom is 0.160 e. The Morgan fingerprint density at radius 2 is 1.00 bits per heavy atom. The fourth-order valence-corrected chi connectivity index (χ4v) is 7.59. The molecule has 0 N–H and O–H groups in total. The second-order valence-corrected chi connectivity index (χ2v) is 12.4. The third-order valence-corrected chi connectivity index (χ3v) is 9.74. The summed E-state index contributed by atoms with van der Waals surface area (Å²) < 4.78 is 11.1. The Hall–Kier alpha value is -7.08. The summed E-state index contributed by atoms with van der Waals surface area (Å²) in [7, 11) is 0. The first kappa shape index (κ1) is 27.1. The molecular weight excluding hydrogens is 601 g/mol. The lowest BCUT2D eigenvalue weighted by Gasteiger charge is -2.13. The fourth-order valence-electron chi connectivity index (χ4n) is 7.59. The Morgan fingerprint density at radius 3 is 1.71 bits per heavy atom. The second-order valence-electron chi connectivity index (χ2n) is 12.4. The van der Waals surface area contributed by atoms with Crippen LogP contribution in [0, 0.1) is 22.7 Å². The number of para-hydroxylation sites is 2. The topological polar surface area (TPSA) is 70.6 Å². The molecule has 0 saturated heterocycles. The van der Waals surface area contributed by atoms with Crippen LogP contribution in [0.5, 0.6) is 0 Å². The van der Waals surface area contributed by atoms with Gasteiger partial charge >= 0.3 is 0 Å². The van der Waals surface area contributed by atoms with Crippen molar-refractivity contribution in [1.82, 2.24) is 9.13 Å². The first-order valence-corrected chi connectivity index (χ1v) is 16.1. The lowest BCUT2D eigenvalue weighted by atomic mass is 10.0. The molecule has 0 fully saturated rings. The molecule has 0 aliphatic heterocycles. The molecule has 0 bridgehead atoms. The molecule has 0 aliphatic rings. The summed E-state index contributed by atoms with van der Waals surface area (Å²) in [5.41, 5.74) is 11.3. The normalized spacial score (nSPS) is 11.6. The van der Waals surface area contributed by atoms with Crippen molar-refractivity contribution < 1.29 is 4.42 Å². The van der Waals surface area contributed by atoms with E-state index < -0.39 is 0 Å². The van der Waals surface area contributed by atoms with Crippen LogP contribution >= 0.6 is 0 Å². The van der Waals surface area contributed by atoms with Crippen molar-refractivity contribution in [3.8, 4) is 34.6 Å². The van der Waals surface area contributed by atoms with Gasteiger partial charge < -0.3 is 13.6 Å². The summed E-state index contributed by atoms with van der Waals surface area (Å²) in [6, 6.07) is 54.5. The Bertz CT molecular complexity index is 3090. The van der Waals surface area contributed by atoms with E-state index in [2.05, 4.69) is 124 Å². The van der Waals surface area contributed by atoms with E-state index in [0.29, 0.717) is 11.1 Å². The predicted octanol–water partition coefficient (Wildman–Crippen LogP) is 11.2. The van der Waals surface area contributed by atoms with Crippen molar-refractivity contribution in [3.63, 3.8) is 0 Å². The summed E-state index contributed by atoms with van der Waals surface area (Å²) in [5.74, 6) is 0. The molecule has 0 atom stereocenters. The van der Waals surface area contributed by atoms with Crippen molar-refractivity contribution in [1.29, 1.82) is 10.5 Å². The van der Waals surface area contributed by atoms with Crippen LogP contribution in [0.15, 0.2) is 150 Å². The highest BCUT2D eigenvalue weighted by Crippen LogP contribution is 2.41. The van der Waals surface area contributed by atoms with Gasteiger partial charge in [0.05, 0.1) is 45.3 Å². The number of hydrogen-bond donors (Lipinski definition) is 0. The summed E-state index contributed by atoms with van der Waals surface area (Å²) in [5, 5.41) is 25.5. The standard InChI is InChI=1S/C44H24N4O/c45-25-27-15-19-41-37(21-27)34-12-2-3-13-39(34)47(41)31-9-5-7-29(23-31)30-8-6-10-32(24-30)48-40-14-4-1-11-33(40)35-17-18-36-38-22-28(26-46)16-20-42(38)49-44(36)43(35)48/h1-24H. The third-order valence-electron chi connectivity index (χ3n) is 9.74. The summed E-state index contributed by atoms with van der Waals surface area (Å²) in [6.07, 6.45) is 0. The minimum atomic E-state index is 0.610. The summed E-state index contributed by atoms with van der Waals surface area (Å²) in [6.45, 7) is 0. The van der Waals surface area contributed by atoms with Gasteiger partial charge in [0, 0.05) is 43.7 Å². The number of benzene rings is 7. The fraction of sp³-hybridized carbons (Fsp3) is 0. The van der Waals surface area contributed by atoms with Gasteiger partial charge in [0.15, 0.2) is 5.58 Å². The van der Waals surface area contributed by atoms with Gasteiger partial charge in [-0.3, -0.25) is 0 Å². The number of nitrogens with zero attached hydrogens (tertiary/aromatic N) is 4. The molecule has 7 aromatic carbocycles. The zero-order chi connectivity index (χ0) is 32.6. The van der Waals surface area contributed by atoms with E-state index in [1.807, 2.05) is 36.4 Å². The van der Waals surface area contributed by atoms with E-state index in [1.54, 1.807) is 6.07 Å². The molecule has 5 heteroatoms. The van der Waals surface area contributed by atoms with E-state index in [1.165, 1.54) is 0 Å². The molecule has 0 saturated carbocycles. The van der Waals surface area contributed by atoms with Crippen molar-refractivity contribution in [3.05, 3.63) is 157 Å². The summed E-state index contributed by atoms with van der Waals surface area (Å²) >= 11 is 0. The van der Waals surface area contributed by atoms with Crippen molar-refractivity contribution in [2.24, 2.45) is 0 Å². The van der Waals surface area contributed by atoms with Gasteiger partial charge in [0.2, 0.25) is 0 Å². The predicted molar refractivity (Wildman–Crippen MR) is 197 cm³/mol. The number of fused-ring (bicyclic) bond motifs is 10. The number of aromatic nitrogens is 2. The van der Waals surface area contributed by atoms with E-state index in [-0.39, 0.29) is 0 Å². The van der Waals surface area contributed by atoms with Crippen LogP contribution < -0.4 is 0 Å². The number of rotatable bonds is 3. The van der Waals surface area contributed by atoms with Crippen molar-refractivity contribution in [2.45, 2.75) is 0 Å². The average molecular weight is 625 g/mol. The monoisotopic (exact) mass is 624 g/mol. The van der Waals surface area contributed by atoms with E-state index in [9.17, 15) is 10.5 Å². The first-order chi connectivity index (χ1) is 24.2. The van der Waals surface area contributed by atoms with Crippen LogP contribution in [0.2, 0.25) is 0 Å². The van der Waals surface area contributed by atoms with Gasteiger partial charge in [-0.15, -0.1) is 0 Å². The van der Waals surface area contributed by atoms with Crippen LogP contribution in [0.4, 0.5) is 0 Å². The largest absolute Gasteiger partial charge is 0.454 e. The Balaban J connectivity index is 1.18. The van der Waals surface area contributed by atoms with Crippen LogP contribution in [-0.4, -0.2) is 9.13 Å². The van der Waals surface area contributed by atoms with E-state index in [0.717, 1.165) is 88.1 Å². The Morgan fingerprint density at radius 1 is 0.429 bits per heavy atom. The molecule has 226 valence electrons. The SMILES string of the molecule is N#Cc1ccc2oc3c(ccc4c5ccccc5n(-c5cccc(-c6cccc(-n7c8ccccc8c8cc(C#N)ccc87)c6)c5)c43)c2c1. The molecular formula is C44H24N4O. The zero-order valence-electron chi connectivity index (χ0n) is 26.1. The lowest BCUT2D eigenvalue weighted by molar-refractivity contribution is 0.671. The maximum atomic E-state index is 9.59. The highest BCUT2D eigenvalue weighted by atomic mass is 16.3. The maximum absolute atomic E-state index is 9.59. The van der Waals surface area contributed by atoms with Crippen LogP contribution in [0.3, 0.4) is 0 Å². The van der Waals surface area contributed by atoms with Gasteiger partial charge in [-0.05, 0) is 90.0 Å². The van der Waals surface area contributed by atoms with E-state index in [4.69, 9.17) is 4.42 Å². The smallest absolute Gasteiger partial charge is 0.160 e. The Labute approximate surface area is 280 Å². The van der Waals surface area contributed by atoms with Crippen molar-refractivity contribution in [2.75, 3.05) is 0 Å². The minimum Gasteiger partial charge on any atom is -0.454 e. The number of nitriles is 2. The van der Waals surface area contributed by atoms with Gasteiger partial charge in [-0.25, -0.2) is 0 Å². The van der Waals surface area contributed by atoms with Crippen LogP contribution in [0.1, 0.15) is 11.1 Å². The highest BCUT2D eigenvalue weighted by molar-refractivity contribution is 6.21.